The second-order valence-corrected chi connectivity index (χ2v) is 9.18. The van der Waals surface area contributed by atoms with Crippen molar-refractivity contribution < 1.29 is 9.53 Å². The molecule has 0 aliphatic carbocycles. The fraction of sp³-hybridized carbons (Fsp3) is 0.478. The number of piperazine rings is 1. The first kappa shape index (κ1) is 22.6. The zero-order valence-electron chi connectivity index (χ0n) is 19.7. The Bertz CT molecular complexity index is 1240. The minimum atomic E-state index is -0.546. The summed E-state index contributed by atoms with van der Waals surface area (Å²) in [5.74, 6) is 0. The van der Waals surface area contributed by atoms with Gasteiger partial charge in [0.05, 0.1) is 23.6 Å². The van der Waals surface area contributed by atoms with Gasteiger partial charge in [0.25, 0.3) is 5.56 Å². The van der Waals surface area contributed by atoms with Crippen LogP contribution in [0.3, 0.4) is 0 Å². The Balaban J connectivity index is 1.66. The van der Waals surface area contributed by atoms with Crippen molar-refractivity contribution in [2.75, 3.05) is 31.1 Å². The second-order valence-electron chi connectivity index (χ2n) is 9.18. The number of aromatic nitrogens is 5. The van der Waals surface area contributed by atoms with E-state index in [0.29, 0.717) is 48.7 Å². The molecule has 0 unspecified atom stereocenters. The summed E-state index contributed by atoms with van der Waals surface area (Å²) in [6, 6.07) is 1.78. The Morgan fingerprint density at radius 2 is 1.76 bits per heavy atom. The third-order valence-electron chi connectivity index (χ3n) is 5.46. The molecule has 0 bridgehead atoms. The van der Waals surface area contributed by atoms with E-state index in [-0.39, 0.29) is 18.2 Å². The molecule has 3 aromatic heterocycles. The standard InChI is InChI=1S/C23H29N7O3/c1-15-13-26-17-12-19(28-8-10-29(11-9-28)22(32)33-23(3,4)5)21(31)30(20(17)27-15)14-18-16(2)24-6-7-25-18/h6-7,12-13H,8-11,14H2,1-5H3. The number of carbonyl (C=O) groups is 1. The Morgan fingerprint density at radius 1 is 1.06 bits per heavy atom. The molecule has 1 fully saturated rings. The molecule has 4 heterocycles. The summed E-state index contributed by atoms with van der Waals surface area (Å²) in [6.45, 7) is 11.5. The minimum absolute atomic E-state index is 0.168. The number of anilines is 1. The fourth-order valence-electron chi connectivity index (χ4n) is 3.77. The summed E-state index contributed by atoms with van der Waals surface area (Å²) in [7, 11) is 0. The molecule has 0 saturated carbocycles. The number of ether oxygens (including phenoxy) is 1. The molecule has 33 heavy (non-hydrogen) atoms. The third kappa shape index (κ3) is 4.94. The van der Waals surface area contributed by atoms with Crippen molar-refractivity contribution >= 4 is 22.9 Å². The minimum Gasteiger partial charge on any atom is -0.444 e. The van der Waals surface area contributed by atoms with Crippen LogP contribution in [-0.4, -0.2) is 67.3 Å². The lowest BCUT2D eigenvalue weighted by molar-refractivity contribution is 0.0240. The van der Waals surface area contributed by atoms with E-state index >= 15 is 0 Å². The van der Waals surface area contributed by atoms with Crippen LogP contribution in [0.25, 0.3) is 11.2 Å². The van der Waals surface area contributed by atoms with Gasteiger partial charge in [-0.25, -0.2) is 9.78 Å². The topological polar surface area (TPSA) is 106 Å². The van der Waals surface area contributed by atoms with Crippen molar-refractivity contribution in [3.05, 3.63) is 52.1 Å². The lowest BCUT2D eigenvalue weighted by Gasteiger charge is -2.36. The second kappa shape index (κ2) is 8.76. The van der Waals surface area contributed by atoms with Gasteiger partial charge in [-0.1, -0.05) is 0 Å². The highest BCUT2D eigenvalue weighted by molar-refractivity contribution is 5.75. The maximum Gasteiger partial charge on any atom is 0.410 e. The molecule has 0 atom stereocenters. The fourth-order valence-corrected chi connectivity index (χ4v) is 3.77. The number of hydrogen-bond donors (Lipinski definition) is 0. The van der Waals surface area contributed by atoms with Crippen molar-refractivity contribution in [2.24, 2.45) is 0 Å². The van der Waals surface area contributed by atoms with E-state index in [1.54, 1.807) is 34.1 Å². The van der Waals surface area contributed by atoms with Crippen LogP contribution in [0.2, 0.25) is 0 Å². The van der Waals surface area contributed by atoms with Crippen LogP contribution in [0, 0.1) is 13.8 Å². The average Bonchev–Trinajstić information content (AvgIpc) is 2.76. The van der Waals surface area contributed by atoms with Gasteiger partial charge >= 0.3 is 6.09 Å². The van der Waals surface area contributed by atoms with E-state index in [1.165, 1.54) is 0 Å². The van der Waals surface area contributed by atoms with Crippen LogP contribution < -0.4 is 10.5 Å². The van der Waals surface area contributed by atoms with E-state index in [0.717, 1.165) is 11.4 Å². The van der Waals surface area contributed by atoms with Crippen LogP contribution in [0.5, 0.6) is 0 Å². The number of aryl methyl sites for hydroxylation is 2. The van der Waals surface area contributed by atoms with Gasteiger partial charge < -0.3 is 14.5 Å². The molecule has 0 radical (unpaired) electrons. The lowest BCUT2D eigenvalue weighted by Crippen LogP contribution is -2.51. The van der Waals surface area contributed by atoms with Gasteiger partial charge in [-0.2, -0.15) is 0 Å². The molecule has 3 aromatic rings. The van der Waals surface area contributed by atoms with Gasteiger partial charge in [0, 0.05) is 44.8 Å². The van der Waals surface area contributed by atoms with Crippen LogP contribution in [-0.2, 0) is 11.3 Å². The number of nitrogens with zero attached hydrogens (tertiary/aromatic N) is 7. The molecule has 10 nitrogen and oxygen atoms in total. The van der Waals surface area contributed by atoms with E-state index in [2.05, 4.69) is 19.9 Å². The number of carbonyl (C=O) groups excluding carboxylic acids is 1. The number of fused-ring (bicyclic) bond motifs is 1. The number of amides is 1. The average molecular weight is 452 g/mol. The molecule has 1 saturated heterocycles. The molecule has 0 aromatic carbocycles. The van der Waals surface area contributed by atoms with E-state index < -0.39 is 5.60 Å². The van der Waals surface area contributed by atoms with Crippen molar-refractivity contribution in [2.45, 2.75) is 46.8 Å². The van der Waals surface area contributed by atoms with Gasteiger partial charge in [-0.3, -0.25) is 24.3 Å². The van der Waals surface area contributed by atoms with Crippen LogP contribution in [0.1, 0.15) is 37.9 Å². The van der Waals surface area contributed by atoms with Crippen molar-refractivity contribution in [1.82, 2.24) is 29.4 Å². The lowest BCUT2D eigenvalue weighted by atomic mass is 10.2. The van der Waals surface area contributed by atoms with Crippen molar-refractivity contribution in [1.29, 1.82) is 0 Å². The van der Waals surface area contributed by atoms with Crippen LogP contribution in [0.4, 0.5) is 10.5 Å². The van der Waals surface area contributed by atoms with Gasteiger partial charge in [-0.05, 0) is 40.7 Å². The van der Waals surface area contributed by atoms with Gasteiger partial charge in [0.15, 0.2) is 5.65 Å². The van der Waals surface area contributed by atoms with Crippen LogP contribution in [0.15, 0.2) is 29.5 Å². The van der Waals surface area contributed by atoms with E-state index in [9.17, 15) is 9.59 Å². The van der Waals surface area contributed by atoms with Gasteiger partial charge in [-0.15, -0.1) is 0 Å². The molecule has 1 aliphatic rings. The summed E-state index contributed by atoms with van der Waals surface area (Å²) in [6.07, 6.45) is 4.60. The Hall–Kier alpha value is -3.56. The first-order valence-corrected chi connectivity index (χ1v) is 11.0. The normalized spacial score (nSPS) is 14.6. The summed E-state index contributed by atoms with van der Waals surface area (Å²) < 4.78 is 7.09. The highest BCUT2D eigenvalue weighted by Gasteiger charge is 2.27. The number of pyridine rings is 1. The Morgan fingerprint density at radius 3 is 2.42 bits per heavy atom. The largest absolute Gasteiger partial charge is 0.444 e. The quantitative estimate of drug-likeness (QED) is 0.597. The highest BCUT2D eigenvalue weighted by Crippen LogP contribution is 2.20. The number of hydrogen-bond acceptors (Lipinski definition) is 8. The summed E-state index contributed by atoms with van der Waals surface area (Å²) in [5.41, 5.74) is 3.16. The molecule has 0 spiro atoms. The molecule has 10 heteroatoms. The molecule has 174 valence electrons. The zero-order valence-corrected chi connectivity index (χ0v) is 19.7. The Labute approximate surface area is 192 Å². The molecule has 4 rings (SSSR count). The van der Waals surface area contributed by atoms with Crippen molar-refractivity contribution in [3.63, 3.8) is 0 Å². The van der Waals surface area contributed by atoms with Crippen LogP contribution >= 0.6 is 0 Å². The first-order valence-electron chi connectivity index (χ1n) is 11.0. The third-order valence-corrected chi connectivity index (χ3v) is 5.46. The maximum atomic E-state index is 13.6. The van der Waals surface area contributed by atoms with E-state index in [1.807, 2.05) is 39.5 Å². The Kier molecular flexibility index (Phi) is 6.01. The SMILES string of the molecule is Cc1cnc2cc(N3CCN(C(=O)OC(C)(C)C)CC3)c(=O)n(Cc3nccnc3C)c2n1. The zero-order chi connectivity index (χ0) is 23.8. The van der Waals surface area contributed by atoms with Gasteiger partial charge in [0.2, 0.25) is 0 Å². The summed E-state index contributed by atoms with van der Waals surface area (Å²) in [5, 5.41) is 0. The summed E-state index contributed by atoms with van der Waals surface area (Å²) in [4.78, 5) is 47.5. The highest BCUT2D eigenvalue weighted by atomic mass is 16.6. The maximum absolute atomic E-state index is 13.6. The first-order chi connectivity index (χ1) is 15.6. The molecule has 1 aliphatic heterocycles. The summed E-state index contributed by atoms with van der Waals surface area (Å²) >= 11 is 0. The van der Waals surface area contributed by atoms with Crippen molar-refractivity contribution in [3.8, 4) is 0 Å². The predicted octanol–water partition coefficient (Wildman–Crippen LogP) is 2.30. The molecular formula is C23H29N7O3. The number of rotatable bonds is 3. The molecule has 0 N–H and O–H groups in total. The van der Waals surface area contributed by atoms with Gasteiger partial charge in [0.1, 0.15) is 16.8 Å². The predicted molar refractivity (Wildman–Crippen MR) is 124 cm³/mol. The monoisotopic (exact) mass is 451 g/mol. The molecule has 1 amide bonds. The molecular weight excluding hydrogens is 422 g/mol. The smallest absolute Gasteiger partial charge is 0.410 e. The van der Waals surface area contributed by atoms with E-state index in [4.69, 9.17) is 4.74 Å².